The molecule has 1 unspecified atom stereocenters. The Balaban J connectivity index is 2.36. The first kappa shape index (κ1) is 13.7. The van der Waals surface area contributed by atoms with E-state index >= 15 is 0 Å². The molecule has 18 heavy (non-hydrogen) atoms. The van der Waals surface area contributed by atoms with Crippen LogP contribution in [0.2, 0.25) is 0 Å². The van der Waals surface area contributed by atoms with E-state index < -0.39 is 0 Å². The quantitative estimate of drug-likeness (QED) is 0.868. The monoisotopic (exact) mass is 368 g/mol. The van der Waals surface area contributed by atoms with Crippen LogP contribution in [0.4, 0.5) is 0 Å². The van der Waals surface area contributed by atoms with E-state index in [9.17, 15) is 0 Å². The van der Waals surface area contributed by atoms with Crippen LogP contribution in [-0.2, 0) is 0 Å². The first-order valence-electron chi connectivity index (χ1n) is 5.80. The van der Waals surface area contributed by atoms with Gasteiger partial charge in [-0.25, -0.2) is 0 Å². The molecule has 0 saturated carbocycles. The molecule has 0 fully saturated rings. The van der Waals surface area contributed by atoms with Gasteiger partial charge in [-0.2, -0.15) is 0 Å². The Bertz CT molecular complexity index is 511. The number of aromatic nitrogens is 1. The van der Waals surface area contributed by atoms with Gasteiger partial charge in [-0.3, -0.25) is 4.98 Å². The van der Waals surface area contributed by atoms with E-state index in [4.69, 9.17) is 0 Å². The lowest BCUT2D eigenvalue weighted by Crippen LogP contribution is -2.22. The van der Waals surface area contributed by atoms with E-state index in [0.717, 1.165) is 21.1 Å². The van der Waals surface area contributed by atoms with Crippen molar-refractivity contribution in [3.8, 4) is 0 Å². The van der Waals surface area contributed by atoms with Crippen LogP contribution >= 0.6 is 31.9 Å². The summed E-state index contributed by atoms with van der Waals surface area (Å²) in [6.07, 6.45) is 3.70. The molecule has 0 aliphatic heterocycles. The van der Waals surface area contributed by atoms with Crippen molar-refractivity contribution in [1.29, 1.82) is 0 Å². The summed E-state index contributed by atoms with van der Waals surface area (Å²) in [5, 5.41) is 3.49. The Hall–Kier alpha value is -0.710. The molecule has 1 atom stereocenters. The molecule has 94 valence electrons. The van der Waals surface area contributed by atoms with Crippen molar-refractivity contribution < 1.29 is 0 Å². The Morgan fingerprint density at radius 1 is 1.06 bits per heavy atom. The molecule has 2 aromatic rings. The zero-order valence-electron chi connectivity index (χ0n) is 10.0. The van der Waals surface area contributed by atoms with E-state index in [1.165, 1.54) is 5.56 Å². The fourth-order valence-corrected chi connectivity index (χ4v) is 2.52. The molecule has 0 aliphatic carbocycles. The summed E-state index contributed by atoms with van der Waals surface area (Å²) >= 11 is 6.93. The van der Waals surface area contributed by atoms with E-state index in [2.05, 4.69) is 79.4 Å². The van der Waals surface area contributed by atoms with Gasteiger partial charge >= 0.3 is 0 Å². The third-order valence-corrected chi connectivity index (χ3v) is 3.63. The standard InChI is InChI=1S/C14H14Br2N2/c1-2-18-14(10-3-5-12(15)6-4-10)11-7-13(16)9-17-8-11/h3-9,14,18H,2H2,1H3. The summed E-state index contributed by atoms with van der Waals surface area (Å²) in [6.45, 7) is 3.02. The Kier molecular flexibility index (Phi) is 4.92. The highest BCUT2D eigenvalue weighted by Gasteiger charge is 2.13. The molecule has 1 N–H and O–H groups in total. The lowest BCUT2D eigenvalue weighted by molar-refractivity contribution is 0.628. The fraction of sp³-hybridized carbons (Fsp3) is 0.214. The maximum absolute atomic E-state index is 4.23. The van der Waals surface area contributed by atoms with Gasteiger partial charge in [-0.1, -0.05) is 35.0 Å². The van der Waals surface area contributed by atoms with E-state index in [0.29, 0.717) is 0 Å². The maximum Gasteiger partial charge on any atom is 0.0592 e. The Morgan fingerprint density at radius 3 is 2.39 bits per heavy atom. The predicted molar refractivity (Wildman–Crippen MR) is 81.6 cm³/mol. The van der Waals surface area contributed by atoms with Crippen LogP contribution in [0.15, 0.2) is 51.7 Å². The van der Waals surface area contributed by atoms with Gasteiger partial charge in [0.05, 0.1) is 6.04 Å². The molecule has 0 saturated heterocycles. The average Bonchev–Trinajstić information content (AvgIpc) is 2.37. The number of hydrogen-bond donors (Lipinski definition) is 1. The molecule has 0 radical (unpaired) electrons. The minimum Gasteiger partial charge on any atom is -0.306 e. The Morgan fingerprint density at radius 2 is 1.78 bits per heavy atom. The average molecular weight is 370 g/mol. The molecular formula is C14H14Br2N2. The number of hydrogen-bond acceptors (Lipinski definition) is 2. The number of nitrogens with one attached hydrogen (secondary N) is 1. The number of rotatable bonds is 4. The lowest BCUT2D eigenvalue weighted by atomic mass is 10.0. The highest BCUT2D eigenvalue weighted by molar-refractivity contribution is 9.10. The molecular weight excluding hydrogens is 356 g/mol. The molecule has 0 spiro atoms. The van der Waals surface area contributed by atoms with Crippen LogP contribution in [0, 0.1) is 0 Å². The van der Waals surface area contributed by atoms with E-state index in [-0.39, 0.29) is 6.04 Å². The fourth-order valence-electron chi connectivity index (χ4n) is 1.87. The zero-order valence-corrected chi connectivity index (χ0v) is 13.2. The third kappa shape index (κ3) is 3.40. The van der Waals surface area contributed by atoms with Crippen LogP contribution in [0.5, 0.6) is 0 Å². The normalized spacial score (nSPS) is 12.4. The number of halogens is 2. The van der Waals surface area contributed by atoms with Crippen molar-refractivity contribution in [1.82, 2.24) is 10.3 Å². The van der Waals surface area contributed by atoms with Crippen LogP contribution in [0.3, 0.4) is 0 Å². The van der Waals surface area contributed by atoms with Crippen LogP contribution in [-0.4, -0.2) is 11.5 Å². The van der Waals surface area contributed by atoms with Crippen LogP contribution in [0.25, 0.3) is 0 Å². The Labute approximate surface area is 124 Å². The smallest absolute Gasteiger partial charge is 0.0592 e. The summed E-state index contributed by atoms with van der Waals surface area (Å²) in [4.78, 5) is 4.23. The summed E-state index contributed by atoms with van der Waals surface area (Å²) in [5.74, 6) is 0. The maximum atomic E-state index is 4.23. The second-order valence-corrected chi connectivity index (χ2v) is 5.81. The van der Waals surface area contributed by atoms with Gasteiger partial charge in [-0.05, 0) is 51.8 Å². The molecule has 1 heterocycles. The van der Waals surface area contributed by atoms with Gasteiger partial charge in [0.1, 0.15) is 0 Å². The SMILES string of the molecule is CCNC(c1ccc(Br)cc1)c1cncc(Br)c1. The summed E-state index contributed by atoms with van der Waals surface area (Å²) in [6, 6.07) is 10.6. The van der Waals surface area contributed by atoms with Crippen molar-refractivity contribution in [3.63, 3.8) is 0 Å². The minimum atomic E-state index is 0.174. The van der Waals surface area contributed by atoms with Gasteiger partial charge in [0, 0.05) is 21.3 Å². The molecule has 1 aromatic carbocycles. The predicted octanol–water partition coefficient (Wildman–Crippen LogP) is 4.31. The van der Waals surface area contributed by atoms with Crippen LogP contribution in [0.1, 0.15) is 24.1 Å². The second kappa shape index (κ2) is 6.45. The van der Waals surface area contributed by atoms with Gasteiger partial charge in [-0.15, -0.1) is 0 Å². The molecule has 0 aliphatic rings. The first-order chi connectivity index (χ1) is 8.70. The summed E-state index contributed by atoms with van der Waals surface area (Å²) < 4.78 is 2.09. The van der Waals surface area contributed by atoms with Crippen molar-refractivity contribution in [2.45, 2.75) is 13.0 Å². The summed E-state index contributed by atoms with van der Waals surface area (Å²) in [5.41, 5.74) is 2.40. The molecule has 4 heteroatoms. The van der Waals surface area contributed by atoms with Gasteiger partial charge in [0.25, 0.3) is 0 Å². The molecule has 2 nitrogen and oxygen atoms in total. The van der Waals surface area contributed by atoms with Crippen molar-refractivity contribution >= 4 is 31.9 Å². The van der Waals surface area contributed by atoms with Gasteiger partial charge in [0.15, 0.2) is 0 Å². The lowest BCUT2D eigenvalue weighted by Gasteiger charge is -2.18. The van der Waals surface area contributed by atoms with Crippen LogP contribution < -0.4 is 5.32 Å². The number of benzene rings is 1. The van der Waals surface area contributed by atoms with E-state index in [1.807, 2.05) is 6.20 Å². The second-order valence-electron chi connectivity index (χ2n) is 3.98. The zero-order chi connectivity index (χ0) is 13.0. The third-order valence-electron chi connectivity index (χ3n) is 2.67. The van der Waals surface area contributed by atoms with Crippen molar-refractivity contribution in [2.75, 3.05) is 6.54 Å². The minimum absolute atomic E-state index is 0.174. The van der Waals surface area contributed by atoms with Gasteiger partial charge < -0.3 is 5.32 Å². The molecule has 1 aromatic heterocycles. The highest BCUT2D eigenvalue weighted by atomic mass is 79.9. The van der Waals surface area contributed by atoms with Gasteiger partial charge in [0.2, 0.25) is 0 Å². The number of nitrogens with zero attached hydrogens (tertiary/aromatic N) is 1. The largest absolute Gasteiger partial charge is 0.306 e. The topological polar surface area (TPSA) is 24.9 Å². The van der Waals surface area contributed by atoms with Crippen molar-refractivity contribution in [3.05, 3.63) is 62.8 Å². The molecule has 2 rings (SSSR count). The van der Waals surface area contributed by atoms with Crippen molar-refractivity contribution in [2.24, 2.45) is 0 Å². The highest BCUT2D eigenvalue weighted by Crippen LogP contribution is 2.24. The number of pyridine rings is 1. The first-order valence-corrected chi connectivity index (χ1v) is 7.38. The molecule has 0 amide bonds. The molecule has 0 bridgehead atoms. The van der Waals surface area contributed by atoms with E-state index in [1.54, 1.807) is 6.20 Å². The summed E-state index contributed by atoms with van der Waals surface area (Å²) in [7, 11) is 0.